The number of piperazine rings is 1. The van der Waals surface area contributed by atoms with Gasteiger partial charge in [-0.1, -0.05) is 11.6 Å². The summed E-state index contributed by atoms with van der Waals surface area (Å²) in [6, 6.07) is 2.23. The molecule has 6 nitrogen and oxygen atoms in total. The number of amides is 1. The van der Waals surface area contributed by atoms with Crippen molar-refractivity contribution in [2.45, 2.75) is 10.9 Å². The second kappa shape index (κ2) is 5.65. The number of hydrogen-bond donors (Lipinski definition) is 2. The summed E-state index contributed by atoms with van der Waals surface area (Å²) in [5.41, 5.74) is 5.19. The first-order valence-electron chi connectivity index (χ1n) is 5.81. The van der Waals surface area contributed by atoms with E-state index in [1.54, 1.807) is 0 Å². The van der Waals surface area contributed by atoms with Gasteiger partial charge >= 0.3 is 0 Å². The zero-order chi connectivity index (χ0) is 14.9. The fourth-order valence-electron chi connectivity index (χ4n) is 2.03. The third-order valence-corrected chi connectivity index (χ3v) is 5.18. The molecule has 0 spiro atoms. The Kier molecular flexibility index (Phi) is 4.28. The molecule has 0 radical (unpaired) electrons. The Morgan fingerprint density at radius 3 is 2.80 bits per heavy atom. The minimum Gasteiger partial charge on any atom is -0.368 e. The lowest BCUT2D eigenvalue weighted by Crippen LogP contribution is -2.58. The zero-order valence-corrected chi connectivity index (χ0v) is 11.9. The van der Waals surface area contributed by atoms with Crippen LogP contribution in [0.25, 0.3) is 0 Å². The van der Waals surface area contributed by atoms with Gasteiger partial charge in [-0.2, -0.15) is 4.31 Å². The quantitative estimate of drug-likeness (QED) is 0.815. The maximum absolute atomic E-state index is 13.8. The standard InChI is InChI=1S/C11H13ClFN3O3S/c12-7-1-2-10(8(13)5-7)20(18,19)16-4-3-15-6-9(16)11(14)17/h1-2,5,9,15H,3-4,6H2,(H2,14,17). The van der Waals surface area contributed by atoms with Gasteiger partial charge in [-0.3, -0.25) is 4.79 Å². The van der Waals surface area contributed by atoms with Crippen molar-refractivity contribution >= 4 is 27.5 Å². The summed E-state index contributed by atoms with van der Waals surface area (Å²) in [5.74, 6) is -1.74. The van der Waals surface area contributed by atoms with Crippen LogP contribution in [0.15, 0.2) is 23.1 Å². The molecule has 0 bridgehead atoms. The number of carbonyl (C=O) groups excluding carboxylic acids is 1. The molecule has 1 aromatic rings. The minimum absolute atomic E-state index is 0.0397. The van der Waals surface area contributed by atoms with Crippen LogP contribution < -0.4 is 11.1 Å². The lowest BCUT2D eigenvalue weighted by atomic mass is 10.2. The fraction of sp³-hybridized carbons (Fsp3) is 0.364. The first kappa shape index (κ1) is 15.2. The van der Waals surface area contributed by atoms with E-state index >= 15 is 0 Å². The third-order valence-electron chi connectivity index (χ3n) is 3.00. The lowest BCUT2D eigenvalue weighted by molar-refractivity contribution is -0.122. The van der Waals surface area contributed by atoms with Gasteiger partial charge in [-0.25, -0.2) is 12.8 Å². The highest BCUT2D eigenvalue weighted by Gasteiger charge is 2.37. The van der Waals surface area contributed by atoms with E-state index in [0.717, 1.165) is 16.4 Å². The lowest BCUT2D eigenvalue weighted by Gasteiger charge is -2.33. The van der Waals surface area contributed by atoms with Gasteiger partial charge < -0.3 is 11.1 Å². The summed E-state index contributed by atoms with van der Waals surface area (Å²) in [6.07, 6.45) is 0. The topological polar surface area (TPSA) is 92.5 Å². The molecule has 0 aliphatic carbocycles. The largest absolute Gasteiger partial charge is 0.368 e. The molecular weight excluding hydrogens is 309 g/mol. The molecule has 9 heteroatoms. The number of carbonyl (C=O) groups is 1. The smallest absolute Gasteiger partial charge is 0.246 e. The summed E-state index contributed by atoms with van der Waals surface area (Å²) in [7, 11) is -4.14. The molecule has 1 unspecified atom stereocenters. The van der Waals surface area contributed by atoms with Gasteiger partial charge in [-0.15, -0.1) is 0 Å². The van der Waals surface area contributed by atoms with E-state index in [0.29, 0.717) is 6.54 Å². The van der Waals surface area contributed by atoms with Gasteiger partial charge in [0.25, 0.3) is 0 Å². The van der Waals surface area contributed by atoms with Crippen LogP contribution in [-0.4, -0.2) is 44.3 Å². The Morgan fingerprint density at radius 2 is 2.20 bits per heavy atom. The van der Waals surface area contributed by atoms with Gasteiger partial charge in [0.05, 0.1) is 0 Å². The molecule has 0 saturated carbocycles. The van der Waals surface area contributed by atoms with Crippen molar-refractivity contribution in [1.29, 1.82) is 0 Å². The first-order valence-corrected chi connectivity index (χ1v) is 7.63. The Balaban J connectivity index is 2.45. The fourth-order valence-corrected chi connectivity index (χ4v) is 3.83. The Hall–Kier alpha value is -1.22. The van der Waals surface area contributed by atoms with Gasteiger partial charge in [0.15, 0.2) is 0 Å². The summed E-state index contributed by atoms with van der Waals surface area (Å²) >= 11 is 5.60. The zero-order valence-electron chi connectivity index (χ0n) is 10.3. The van der Waals surface area contributed by atoms with Crippen LogP contribution in [0.1, 0.15) is 0 Å². The molecule has 110 valence electrons. The molecule has 3 N–H and O–H groups in total. The van der Waals surface area contributed by atoms with Crippen molar-refractivity contribution in [3.8, 4) is 0 Å². The number of nitrogens with zero attached hydrogens (tertiary/aromatic N) is 1. The van der Waals surface area contributed by atoms with Gasteiger partial charge in [-0.05, 0) is 18.2 Å². The second-order valence-electron chi connectivity index (χ2n) is 4.31. The van der Waals surface area contributed by atoms with Crippen molar-refractivity contribution in [2.75, 3.05) is 19.6 Å². The molecule has 2 rings (SSSR count). The number of halogens is 2. The molecule has 1 aliphatic rings. The van der Waals surface area contributed by atoms with Crippen molar-refractivity contribution in [3.63, 3.8) is 0 Å². The number of primary amides is 1. The molecule has 1 aliphatic heterocycles. The average molecular weight is 322 g/mol. The summed E-state index contributed by atoms with van der Waals surface area (Å²) in [4.78, 5) is 10.8. The summed E-state index contributed by atoms with van der Waals surface area (Å²) in [6.45, 7) is 0.500. The van der Waals surface area contributed by atoms with Crippen LogP contribution in [0.3, 0.4) is 0 Å². The van der Waals surface area contributed by atoms with Crippen LogP contribution in [0, 0.1) is 5.82 Å². The van der Waals surface area contributed by atoms with E-state index in [2.05, 4.69) is 5.32 Å². The number of hydrogen-bond acceptors (Lipinski definition) is 4. The predicted molar refractivity (Wildman–Crippen MR) is 71.2 cm³/mol. The molecule has 1 atom stereocenters. The van der Waals surface area contributed by atoms with Gasteiger partial charge in [0.1, 0.15) is 16.8 Å². The number of nitrogens with one attached hydrogen (secondary N) is 1. The molecule has 1 fully saturated rings. The van der Waals surface area contributed by atoms with Crippen molar-refractivity contribution in [3.05, 3.63) is 29.0 Å². The van der Waals surface area contributed by atoms with Gasteiger partial charge in [0, 0.05) is 24.7 Å². The van der Waals surface area contributed by atoms with E-state index in [-0.39, 0.29) is 18.1 Å². The maximum Gasteiger partial charge on any atom is 0.246 e. The van der Waals surface area contributed by atoms with Crippen molar-refractivity contribution in [1.82, 2.24) is 9.62 Å². The normalized spacial score (nSPS) is 20.8. The summed E-state index contributed by atoms with van der Waals surface area (Å²) in [5, 5.41) is 2.96. The molecular formula is C11H13ClFN3O3S. The average Bonchev–Trinajstić information content (AvgIpc) is 2.38. The third kappa shape index (κ3) is 2.78. The highest BCUT2D eigenvalue weighted by molar-refractivity contribution is 7.89. The molecule has 20 heavy (non-hydrogen) atoms. The first-order chi connectivity index (χ1) is 9.34. The van der Waals surface area contributed by atoms with E-state index in [1.165, 1.54) is 6.07 Å². The maximum atomic E-state index is 13.8. The van der Waals surface area contributed by atoms with Crippen LogP contribution in [0.4, 0.5) is 4.39 Å². The number of sulfonamides is 1. The van der Waals surface area contributed by atoms with Crippen LogP contribution >= 0.6 is 11.6 Å². The molecule has 1 amide bonds. The van der Waals surface area contributed by atoms with E-state index in [4.69, 9.17) is 17.3 Å². The molecule has 1 saturated heterocycles. The van der Waals surface area contributed by atoms with E-state index in [1.807, 2.05) is 0 Å². The van der Waals surface area contributed by atoms with Crippen LogP contribution in [0.2, 0.25) is 5.02 Å². The van der Waals surface area contributed by atoms with Crippen molar-refractivity contribution in [2.24, 2.45) is 5.73 Å². The summed E-state index contributed by atoms with van der Waals surface area (Å²) < 4.78 is 39.6. The molecule has 1 heterocycles. The highest BCUT2D eigenvalue weighted by atomic mass is 35.5. The number of nitrogens with two attached hydrogens (primary N) is 1. The highest BCUT2D eigenvalue weighted by Crippen LogP contribution is 2.24. The van der Waals surface area contributed by atoms with Crippen LogP contribution in [-0.2, 0) is 14.8 Å². The van der Waals surface area contributed by atoms with E-state index < -0.39 is 32.7 Å². The predicted octanol–water partition coefficient (Wildman–Crippen LogP) is -0.0731. The number of benzene rings is 1. The Labute approximate surface area is 120 Å². The Morgan fingerprint density at radius 1 is 1.50 bits per heavy atom. The molecule has 1 aromatic carbocycles. The minimum atomic E-state index is -4.14. The molecule has 0 aromatic heterocycles. The Bertz CT molecular complexity index is 638. The SMILES string of the molecule is NC(=O)C1CNCCN1S(=O)(=O)c1ccc(Cl)cc1F. The second-order valence-corrected chi connectivity index (χ2v) is 6.61. The van der Waals surface area contributed by atoms with Crippen molar-refractivity contribution < 1.29 is 17.6 Å². The number of rotatable bonds is 3. The monoisotopic (exact) mass is 321 g/mol. The van der Waals surface area contributed by atoms with Gasteiger partial charge in [0.2, 0.25) is 15.9 Å². The van der Waals surface area contributed by atoms with Crippen LogP contribution in [0.5, 0.6) is 0 Å². The van der Waals surface area contributed by atoms with E-state index in [9.17, 15) is 17.6 Å².